The normalized spacial score (nSPS) is 15.9. The van der Waals surface area contributed by atoms with Crippen molar-refractivity contribution in [3.05, 3.63) is 59.9 Å². The first-order valence-electron chi connectivity index (χ1n) is 7.54. The molecule has 1 heterocycles. The molecular formula is C18H20FNO. The molecule has 1 aliphatic heterocycles. The molecule has 2 nitrogen and oxygen atoms in total. The fraction of sp³-hybridized carbons (Fsp3) is 0.333. The molecule has 3 rings (SSSR count). The highest BCUT2D eigenvalue weighted by Gasteiger charge is 2.10. The van der Waals surface area contributed by atoms with E-state index in [4.69, 9.17) is 4.74 Å². The summed E-state index contributed by atoms with van der Waals surface area (Å²) < 4.78 is 18.8. The summed E-state index contributed by atoms with van der Waals surface area (Å²) in [6.07, 6.45) is 3.97. The van der Waals surface area contributed by atoms with Crippen molar-refractivity contribution in [2.75, 3.05) is 13.1 Å². The van der Waals surface area contributed by atoms with Crippen LogP contribution < -0.4 is 4.74 Å². The van der Waals surface area contributed by atoms with E-state index in [0.717, 1.165) is 12.3 Å². The molecule has 2 aromatic carbocycles. The Labute approximate surface area is 125 Å². The van der Waals surface area contributed by atoms with Crippen LogP contribution >= 0.6 is 0 Å². The zero-order valence-electron chi connectivity index (χ0n) is 12.1. The molecule has 0 aromatic heterocycles. The van der Waals surface area contributed by atoms with E-state index in [1.54, 1.807) is 12.1 Å². The average molecular weight is 285 g/mol. The summed E-state index contributed by atoms with van der Waals surface area (Å²) in [5.41, 5.74) is 1.29. The molecular weight excluding hydrogens is 265 g/mol. The predicted molar refractivity (Wildman–Crippen MR) is 82.0 cm³/mol. The second-order valence-electron chi connectivity index (χ2n) is 5.54. The van der Waals surface area contributed by atoms with Gasteiger partial charge in [-0.05, 0) is 55.8 Å². The van der Waals surface area contributed by atoms with Crippen molar-refractivity contribution in [2.45, 2.75) is 25.8 Å². The van der Waals surface area contributed by atoms with Crippen molar-refractivity contribution in [1.29, 1.82) is 0 Å². The molecule has 3 heteroatoms. The fourth-order valence-corrected chi connectivity index (χ4v) is 2.71. The maximum absolute atomic E-state index is 13.1. The van der Waals surface area contributed by atoms with Crippen LogP contribution in [0.2, 0.25) is 0 Å². The van der Waals surface area contributed by atoms with Gasteiger partial charge < -0.3 is 4.74 Å². The van der Waals surface area contributed by atoms with Crippen molar-refractivity contribution in [1.82, 2.24) is 4.90 Å². The molecule has 0 atom stereocenters. The fourth-order valence-electron chi connectivity index (χ4n) is 2.71. The van der Waals surface area contributed by atoms with Crippen LogP contribution in [-0.4, -0.2) is 18.0 Å². The summed E-state index contributed by atoms with van der Waals surface area (Å²) in [6.45, 7) is 3.39. The minimum absolute atomic E-state index is 0.283. The molecule has 0 aliphatic carbocycles. The summed E-state index contributed by atoms with van der Waals surface area (Å²) in [4.78, 5) is 2.49. The molecule has 1 fully saturated rings. The van der Waals surface area contributed by atoms with Gasteiger partial charge in [-0.3, -0.25) is 4.90 Å². The standard InChI is InChI=1S/C18H20FNO/c19-16-5-4-6-18(13-16)21-17-9-7-15(8-10-17)14-20-11-2-1-3-12-20/h4-10,13H,1-3,11-12,14H2. The zero-order valence-corrected chi connectivity index (χ0v) is 12.1. The Balaban J connectivity index is 1.61. The number of ether oxygens (including phenoxy) is 1. The third kappa shape index (κ3) is 4.05. The molecule has 0 bridgehead atoms. The van der Waals surface area contributed by atoms with Crippen molar-refractivity contribution >= 4 is 0 Å². The van der Waals surface area contributed by atoms with Crippen LogP contribution in [0.5, 0.6) is 11.5 Å². The highest BCUT2D eigenvalue weighted by atomic mass is 19.1. The number of halogens is 1. The van der Waals surface area contributed by atoms with Crippen molar-refractivity contribution in [2.24, 2.45) is 0 Å². The average Bonchev–Trinajstić information content (AvgIpc) is 2.50. The first kappa shape index (κ1) is 14.1. The largest absolute Gasteiger partial charge is 0.457 e. The second-order valence-corrected chi connectivity index (χ2v) is 5.54. The second kappa shape index (κ2) is 6.72. The highest BCUT2D eigenvalue weighted by Crippen LogP contribution is 2.23. The Bertz CT molecular complexity index is 576. The smallest absolute Gasteiger partial charge is 0.130 e. The summed E-state index contributed by atoms with van der Waals surface area (Å²) in [7, 11) is 0. The van der Waals surface area contributed by atoms with Crippen LogP contribution in [0, 0.1) is 5.82 Å². The SMILES string of the molecule is Fc1cccc(Oc2ccc(CN3CCCCC3)cc2)c1. The number of nitrogens with zero attached hydrogens (tertiary/aromatic N) is 1. The van der Waals surface area contributed by atoms with Crippen LogP contribution in [0.4, 0.5) is 4.39 Å². The lowest BCUT2D eigenvalue weighted by Gasteiger charge is -2.26. The van der Waals surface area contributed by atoms with E-state index in [9.17, 15) is 4.39 Å². The summed E-state index contributed by atoms with van der Waals surface area (Å²) in [6, 6.07) is 14.3. The minimum atomic E-state index is -0.283. The maximum atomic E-state index is 13.1. The molecule has 110 valence electrons. The van der Waals surface area contributed by atoms with Gasteiger partial charge in [-0.15, -0.1) is 0 Å². The Morgan fingerprint density at radius 1 is 0.905 bits per heavy atom. The quantitative estimate of drug-likeness (QED) is 0.813. The highest BCUT2D eigenvalue weighted by molar-refractivity contribution is 5.33. The van der Waals surface area contributed by atoms with Gasteiger partial charge in [-0.25, -0.2) is 4.39 Å². The van der Waals surface area contributed by atoms with Gasteiger partial charge >= 0.3 is 0 Å². The lowest BCUT2D eigenvalue weighted by atomic mass is 10.1. The monoisotopic (exact) mass is 285 g/mol. The molecule has 0 radical (unpaired) electrons. The molecule has 21 heavy (non-hydrogen) atoms. The van der Waals surface area contributed by atoms with Gasteiger partial charge in [0.1, 0.15) is 17.3 Å². The topological polar surface area (TPSA) is 12.5 Å². The molecule has 0 saturated carbocycles. The Hall–Kier alpha value is -1.87. The van der Waals surface area contributed by atoms with E-state index in [0.29, 0.717) is 5.75 Å². The van der Waals surface area contributed by atoms with Gasteiger partial charge in [0.2, 0.25) is 0 Å². The van der Waals surface area contributed by atoms with Crippen molar-refractivity contribution in [3.8, 4) is 11.5 Å². The van der Waals surface area contributed by atoms with Crippen LogP contribution in [0.25, 0.3) is 0 Å². The van der Waals surface area contributed by atoms with Gasteiger partial charge in [0.25, 0.3) is 0 Å². The number of hydrogen-bond donors (Lipinski definition) is 0. The van der Waals surface area contributed by atoms with Crippen LogP contribution in [0.15, 0.2) is 48.5 Å². The molecule has 0 spiro atoms. The molecule has 2 aromatic rings. The van der Waals surface area contributed by atoms with Gasteiger partial charge in [0, 0.05) is 12.6 Å². The summed E-state index contributed by atoms with van der Waals surface area (Å²) >= 11 is 0. The predicted octanol–water partition coefficient (Wildman–Crippen LogP) is 4.60. The lowest BCUT2D eigenvalue weighted by molar-refractivity contribution is 0.221. The number of benzene rings is 2. The Morgan fingerprint density at radius 2 is 1.67 bits per heavy atom. The molecule has 0 unspecified atom stereocenters. The van der Waals surface area contributed by atoms with Gasteiger partial charge in [0.15, 0.2) is 0 Å². The Morgan fingerprint density at radius 3 is 2.38 bits per heavy atom. The summed E-state index contributed by atoms with van der Waals surface area (Å²) in [5.74, 6) is 0.982. The van der Waals surface area contributed by atoms with E-state index in [-0.39, 0.29) is 5.82 Å². The van der Waals surface area contributed by atoms with Crippen LogP contribution in [0.3, 0.4) is 0 Å². The Kier molecular flexibility index (Phi) is 4.51. The number of likely N-dealkylation sites (tertiary alicyclic amines) is 1. The van der Waals surface area contributed by atoms with Gasteiger partial charge in [0.05, 0.1) is 0 Å². The van der Waals surface area contributed by atoms with E-state index >= 15 is 0 Å². The first-order valence-corrected chi connectivity index (χ1v) is 7.54. The van der Waals surface area contributed by atoms with Crippen molar-refractivity contribution in [3.63, 3.8) is 0 Å². The van der Waals surface area contributed by atoms with E-state index in [2.05, 4.69) is 17.0 Å². The third-order valence-corrected chi connectivity index (χ3v) is 3.81. The van der Waals surface area contributed by atoms with Crippen LogP contribution in [-0.2, 0) is 6.54 Å². The van der Waals surface area contributed by atoms with Crippen molar-refractivity contribution < 1.29 is 9.13 Å². The number of rotatable bonds is 4. The first-order chi connectivity index (χ1) is 10.3. The molecule has 1 saturated heterocycles. The number of hydrogen-bond acceptors (Lipinski definition) is 2. The van der Waals surface area contributed by atoms with E-state index < -0.39 is 0 Å². The van der Waals surface area contributed by atoms with Gasteiger partial charge in [-0.1, -0.05) is 24.6 Å². The van der Waals surface area contributed by atoms with Crippen LogP contribution in [0.1, 0.15) is 24.8 Å². The molecule has 0 amide bonds. The maximum Gasteiger partial charge on any atom is 0.130 e. The van der Waals surface area contributed by atoms with Gasteiger partial charge in [-0.2, -0.15) is 0 Å². The minimum Gasteiger partial charge on any atom is -0.457 e. The summed E-state index contributed by atoms with van der Waals surface area (Å²) in [5, 5.41) is 0. The van der Waals surface area contributed by atoms with E-state index in [1.165, 1.54) is 50.0 Å². The number of piperidine rings is 1. The molecule has 0 N–H and O–H groups in total. The van der Waals surface area contributed by atoms with E-state index in [1.807, 2.05) is 12.1 Å². The third-order valence-electron chi connectivity index (χ3n) is 3.81. The zero-order chi connectivity index (χ0) is 14.5. The molecule has 1 aliphatic rings. The lowest BCUT2D eigenvalue weighted by Crippen LogP contribution is -2.28.